The molecule has 0 N–H and O–H groups in total. The van der Waals surface area contributed by atoms with Crippen LogP contribution in [0.1, 0.15) is 16.1 Å². The molecular weight excluding hydrogens is 915 g/mol. The molecule has 1 heterocycles. The van der Waals surface area contributed by atoms with Crippen LogP contribution in [0.25, 0.3) is 0 Å². The van der Waals surface area contributed by atoms with Gasteiger partial charge in [-0.1, -0.05) is 30.3 Å². The van der Waals surface area contributed by atoms with E-state index in [-0.39, 0.29) is 5.78 Å². The van der Waals surface area contributed by atoms with Crippen LogP contribution in [0.5, 0.6) is 0 Å². The first-order chi connectivity index (χ1) is 29.0. The molecule has 0 saturated carbocycles. The first-order valence-electron chi connectivity index (χ1n) is 16.2. The summed E-state index contributed by atoms with van der Waals surface area (Å²) in [6.45, 7) is 0.302. The molecule has 6 aromatic rings. The summed E-state index contributed by atoms with van der Waals surface area (Å²) in [6.07, 6.45) is -2.02. The van der Waals surface area contributed by atoms with Crippen LogP contribution < -0.4 is 26.4 Å². The number of rotatable bonds is 8. The fourth-order valence-corrected chi connectivity index (χ4v) is 6.54. The summed E-state index contributed by atoms with van der Waals surface area (Å²) in [5.41, 5.74) is -12.9. The number of benzene rings is 5. The largest absolute Gasteiger partial charge is 0.287 e. The predicted octanol–water partition coefficient (Wildman–Crippen LogP) is 7.84. The highest BCUT2D eigenvalue weighted by Crippen LogP contribution is 2.30. The second-order valence-corrected chi connectivity index (χ2v) is 12.7. The molecular formula is C37H12BClF20N2O. The minimum Gasteiger partial charge on any atom is -0.287 e. The zero-order chi connectivity index (χ0) is 46.4. The van der Waals surface area contributed by atoms with Crippen molar-refractivity contribution in [3.05, 3.63) is 177 Å². The number of alkyl halides is 1. The second-order valence-electron chi connectivity index (χ2n) is 12.4. The first-order valence-corrected chi connectivity index (χ1v) is 16.7. The quantitative estimate of drug-likeness (QED) is 0.0297. The molecule has 5 aromatic carbocycles. The Morgan fingerprint density at radius 2 is 0.726 bits per heavy atom. The van der Waals surface area contributed by atoms with Gasteiger partial charge < -0.3 is 0 Å². The molecule has 0 saturated heterocycles. The number of hydrogen-bond acceptors (Lipinski definition) is 2. The zero-order valence-corrected chi connectivity index (χ0v) is 30.1. The molecule has 0 radical (unpaired) electrons. The van der Waals surface area contributed by atoms with Gasteiger partial charge >= 0.3 is 0 Å². The summed E-state index contributed by atoms with van der Waals surface area (Å²) >= 11 is 5.69. The molecule has 0 atom stereocenters. The van der Waals surface area contributed by atoms with Crippen molar-refractivity contribution in [2.45, 2.75) is 12.4 Å². The lowest BCUT2D eigenvalue weighted by Crippen LogP contribution is -2.81. The van der Waals surface area contributed by atoms with Gasteiger partial charge in [0.15, 0.2) is 82.2 Å². The van der Waals surface area contributed by atoms with Gasteiger partial charge in [-0.15, -0.1) is 33.5 Å². The van der Waals surface area contributed by atoms with Crippen molar-refractivity contribution >= 4 is 45.4 Å². The normalized spacial score (nSPS) is 11.5. The van der Waals surface area contributed by atoms with Crippen LogP contribution in [0.15, 0.2) is 48.9 Å². The monoisotopic (exact) mass is 926 g/mol. The van der Waals surface area contributed by atoms with E-state index in [1.165, 1.54) is 0 Å². The summed E-state index contributed by atoms with van der Waals surface area (Å²) in [7, 11) is 0. The zero-order valence-electron chi connectivity index (χ0n) is 29.4. The SMILES string of the molecule is Fc1c(F)c(F)c([B-](c2c(F)c(F)c(F)c(F)c2F)(c2c(F)c(F)c(F)c(F)c2F)c2c(F)c(F)c(F)c(F)c2F)c(F)c1F.O=C(C[n+]1ccnc(CCl)c1)c1ccccc1. The molecule has 0 aliphatic heterocycles. The van der Waals surface area contributed by atoms with Crippen LogP contribution in [0.4, 0.5) is 87.8 Å². The van der Waals surface area contributed by atoms with Crippen LogP contribution in [0, 0.1) is 116 Å². The molecule has 0 fully saturated rings. The average molecular weight is 927 g/mol. The smallest absolute Gasteiger partial charge is 0.227 e. The first kappa shape index (κ1) is 46.9. The summed E-state index contributed by atoms with van der Waals surface area (Å²) in [6, 6.07) is 9.23. The minimum absolute atomic E-state index is 0.0716. The van der Waals surface area contributed by atoms with Crippen molar-refractivity contribution in [3.8, 4) is 0 Å². The van der Waals surface area contributed by atoms with Crippen molar-refractivity contribution < 1.29 is 97.2 Å². The van der Waals surface area contributed by atoms with Crippen molar-refractivity contribution in [1.29, 1.82) is 0 Å². The van der Waals surface area contributed by atoms with E-state index >= 15 is 35.1 Å². The van der Waals surface area contributed by atoms with Crippen molar-refractivity contribution in [3.63, 3.8) is 0 Å². The Balaban J connectivity index is 0.000000355. The fraction of sp³-hybridized carbons (Fsp3) is 0.0541. The number of aromatic nitrogens is 2. The molecule has 1 aromatic heterocycles. The molecule has 6 rings (SSSR count). The maximum atomic E-state index is 15.4. The molecule has 0 amide bonds. The number of ketones is 1. The van der Waals surface area contributed by atoms with E-state index in [0.717, 1.165) is 5.69 Å². The summed E-state index contributed by atoms with van der Waals surface area (Å²) in [5, 5.41) is 0. The van der Waals surface area contributed by atoms with E-state index in [2.05, 4.69) is 4.98 Å². The number of hydrogen-bond donors (Lipinski definition) is 0. The second kappa shape index (κ2) is 17.7. The third-order valence-corrected chi connectivity index (χ3v) is 9.35. The van der Waals surface area contributed by atoms with E-state index in [1.54, 1.807) is 23.2 Å². The van der Waals surface area contributed by atoms with Crippen LogP contribution in [0.3, 0.4) is 0 Å². The van der Waals surface area contributed by atoms with Gasteiger partial charge in [0.1, 0.15) is 58.4 Å². The maximum absolute atomic E-state index is 15.4. The average Bonchev–Trinajstić information content (AvgIpc) is 3.26. The van der Waals surface area contributed by atoms with Gasteiger partial charge in [-0.25, -0.2) is 92.8 Å². The highest BCUT2D eigenvalue weighted by molar-refractivity contribution is 7.20. The number of halogens is 21. The maximum Gasteiger partial charge on any atom is 0.227 e. The molecule has 0 aliphatic carbocycles. The van der Waals surface area contributed by atoms with Crippen LogP contribution in [0.2, 0.25) is 0 Å². The van der Waals surface area contributed by atoms with Gasteiger partial charge in [0.05, 0.1) is 12.1 Å². The topological polar surface area (TPSA) is 33.8 Å². The Labute approximate surface area is 336 Å². The summed E-state index contributed by atoms with van der Waals surface area (Å²) in [5.74, 6) is -71.0. The molecule has 0 spiro atoms. The summed E-state index contributed by atoms with van der Waals surface area (Å²) in [4.78, 5) is 16.0. The van der Waals surface area contributed by atoms with Gasteiger partial charge in [0.25, 0.3) is 0 Å². The lowest BCUT2D eigenvalue weighted by atomic mass is 9.12. The molecule has 25 heteroatoms. The van der Waals surface area contributed by atoms with Gasteiger partial charge in [-0.3, -0.25) is 4.79 Å². The van der Waals surface area contributed by atoms with Crippen molar-refractivity contribution in [1.82, 2.24) is 4.98 Å². The Hall–Kier alpha value is -6.20. The van der Waals surface area contributed by atoms with Gasteiger partial charge in [-0.2, -0.15) is 4.57 Å². The Morgan fingerprint density at radius 3 is 1.00 bits per heavy atom. The van der Waals surface area contributed by atoms with Gasteiger partial charge in [-0.05, 0) is 0 Å². The number of carbonyl (C=O) groups is 1. The molecule has 0 unspecified atom stereocenters. The third kappa shape index (κ3) is 7.46. The van der Waals surface area contributed by atoms with Crippen molar-refractivity contribution in [2.24, 2.45) is 0 Å². The highest BCUT2D eigenvalue weighted by atomic mass is 35.5. The molecule has 3 nitrogen and oxygen atoms in total. The molecule has 326 valence electrons. The van der Waals surface area contributed by atoms with E-state index in [9.17, 15) is 57.5 Å². The standard InChI is InChI=1S/C24BF20.C13H12ClN2O/c26-5-1(6(27)14(35)21(42)13(5)34)25(2-7(28)15(36)22(43)16(37)8(2)29,3-9(30)17(38)23(44)18(39)10(3)31)4-11(32)19(40)24(45)20(41)12(4)33;14-8-12-9-16(7-6-15-12)10-13(17)11-4-2-1-3-5-11/h;1-7,9H,8,10H2/q-1;+1. The van der Waals surface area contributed by atoms with E-state index in [0.29, 0.717) is 18.0 Å². The Kier molecular flexibility index (Phi) is 13.3. The van der Waals surface area contributed by atoms with Crippen LogP contribution >= 0.6 is 11.6 Å². The lowest BCUT2D eigenvalue weighted by molar-refractivity contribution is -0.684. The molecule has 0 aliphatic rings. The van der Waals surface area contributed by atoms with E-state index in [1.807, 2.05) is 30.3 Å². The minimum atomic E-state index is -7.22. The number of Topliss-reactive ketones (excluding diaryl/α,β-unsaturated/α-hetero) is 1. The van der Waals surface area contributed by atoms with Crippen LogP contribution in [-0.4, -0.2) is 16.9 Å². The van der Waals surface area contributed by atoms with Crippen LogP contribution in [-0.2, 0) is 12.4 Å². The predicted molar refractivity (Wildman–Crippen MR) is 174 cm³/mol. The van der Waals surface area contributed by atoms with E-state index < -0.39 is 144 Å². The number of nitrogens with zero attached hydrogens (tertiary/aromatic N) is 2. The Bertz CT molecular complexity index is 2410. The third-order valence-electron chi connectivity index (χ3n) is 9.08. The van der Waals surface area contributed by atoms with Crippen molar-refractivity contribution in [2.75, 3.05) is 0 Å². The lowest BCUT2D eigenvalue weighted by Gasteiger charge is -2.44. The Morgan fingerprint density at radius 1 is 0.452 bits per heavy atom. The highest BCUT2D eigenvalue weighted by Gasteiger charge is 2.52. The molecule has 0 bridgehead atoms. The van der Waals surface area contributed by atoms with Gasteiger partial charge in [0, 0.05) is 5.56 Å². The summed E-state index contributed by atoms with van der Waals surface area (Å²) < 4.78 is 296. The van der Waals surface area contributed by atoms with Gasteiger partial charge in [0.2, 0.25) is 12.3 Å². The molecule has 62 heavy (non-hydrogen) atoms. The van der Waals surface area contributed by atoms with E-state index in [4.69, 9.17) is 11.6 Å². The number of carbonyl (C=O) groups excluding carboxylic acids is 1. The fourth-order valence-electron chi connectivity index (χ4n) is 6.41.